The molecule has 8 heteroatoms. The molecule has 1 N–H and O–H groups in total. The Balaban J connectivity index is 1.45. The van der Waals surface area contributed by atoms with Crippen LogP contribution in [0, 0.1) is 12.7 Å². The standard InChI is InChI=1S/C20H21FN4O3/c1-14-4-3-5-16(12-14)22-20(26)25(2)11-10-18-23-19(28-24-18)13-27-17-8-6-15(21)7-9-17/h3-9,12H,10-11,13H2,1-2H3,(H,22,26). The van der Waals surface area contributed by atoms with Gasteiger partial charge in [0.2, 0.25) is 0 Å². The van der Waals surface area contributed by atoms with Crippen molar-refractivity contribution in [2.24, 2.45) is 0 Å². The van der Waals surface area contributed by atoms with E-state index in [0.717, 1.165) is 11.3 Å². The van der Waals surface area contributed by atoms with Crippen LogP contribution in [-0.4, -0.2) is 34.7 Å². The lowest BCUT2D eigenvalue weighted by Gasteiger charge is -2.17. The van der Waals surface area contributed by atoms with Gasteiger partial charge in [-0.1, -0.05) is 17.3 Å². The Morgan fingerprint density at radius 2 is 2.04 bits per heavy atom. The van der Waals surface area contributed by atoms with E-state index in [-0.39, 0.29) is 18.5 Å². The van der Waals surface area contributed by atoms with Crippen LogP contribution < -0.4 is 10.1 Å². The van der Waals surface area contributed by atoms with E-state index in [9.17, 15) is 9.18 Å². The molecule has 1 aromatic heterocycles. The third-order valence-electron chi connectivity index (χ3n) is 3.97. The van der Waals surface area contributed by atoms with Gasteiger partial charge in [0.05, 0.1) is 0 Å². The average molecular weight is 384 g/mol. The molecule has 0 radical (unpaired) electrons. The van der Waals surface area contributed by atoms with Gasteiger partial charge in [-0.15, -0.1) is 0 Å². The van der Waals surface area contributed by atoms with Gasteiger partial charge < -0.3 is 19.5 Å². The van der Waals surface area contributed by atoms with Crippen LogP contribution >= 0.6 is 0 Å². The van der Waals surface area contributed by atoms with E-state index < -0.39 is 0 Å². The fourth-order valence-corrected chi connectivity index (χ4v) is 2.44. The van der Waals surface area contributed by atoms with Gasteiger partial charge >= 0.3 is 6.03 Å². The Bertz CT molecular complexity index is 927. The number of hydrogen-bond acceptors (Lipinski definition) is 5. The molecule has 146 valence electrons. The molecule has 0 saturated heterocycles. The van der Waals surface area contributed by atoms with Crippen molar-refractivity contribution in [3.8, 4) is 5.75 Å². The third-order valence-corrected chi connectivity index (χ3v) is 3.97. The highest BCUT2D eigenvalue weighted by Crippen LogP contribution is 2.13. The number of benzene rings is 2. The molecule has 7 nitrogen and oxygen atoms in total. The van der Waals surface area contributed by atoms with Crippen LogP contribution in [0.4, 0.5) is 14.9 Å². The maximum Gasteiger partial charge on any atom is 0.321 e. The van der Waals surface area contributed by atoms with Crippen LogP contribution in [0.15, 0.2) is 53.1 Å². The van der Waals surface area contributed by atoms with Gasteiger partial charge in [-0.2, -0.15) is 4.98 Å². The second-order valence-electron chi connectivity index (χ2n) is 6.32. The number of rotatable bonds is 7. The van der Waals surface area contributed by atoms with Gasteiger partial charge in [-0.25, -0.2) is 9.18 Å². The smallest absolute Gasteiger partial charge is 0.321 e. The summed E-state index contributed by atoms with van der Waals surface area (Å²) in [5, 5.41) is 6.73. The van der Waals surface area contributed by atoms with E-state index in [1.165, 1.54) is 24.3 Å². The van der Waals surface area contributed by atoms with Crippen LogP contribution in [0.2, 0.25) is 0 Å². The van der Waals surface area contributed by atoms with Crippen molar-refractivity contribution in [2.75, 3.05) is 18.9 Å². The number of hydrogen-bond donors (Lipinski definition) is 1. The molecule has 0 atom stereocenters. The molecule has 1 heterocycles. The molecular formula is C20H21FN4O3. The number of amides is 2. The molecular weight excluding hydrogens is 363 g/mol. The average Bonchev–Trinajstić information content (AvgIpc) is 3.13. The van der Waals surface area contributed by atoms with Crippen LogP contribution in [-0.2, 0) is 13.0 Å². The minimum atomic E-state index is -0.331. The molecule has 3 aromatic rings. The number of nitrogens with zero attached hydrogens (tertiary/aromatic N) is 3. The maximum atomic E-state index is 12.9. The molecule has 2 aromatic carbocycles. The normalized spacial score (nSPS) is 10.5. The van der Waals surface area contributed by atoms with E-state index in [1.807, 2.05) is 31.2 Å². The van der Waals surface area contributed by atoms with Crippen molar-refractivity contribution >= 4 is 11.7 Å². The van der Waals surface area contributed by atoms with Crippen molar-refractivity contribution in [3.05, 3.63) is 71.6 Å². The van der Waals surface area contributed by atoms with Crippen molar-refractivity contribution in [1.29, 1.82) is 0 Å². The summed E-state index contributed by atoms with van der Waals surface area (Å²) in [5.74, 6) is 0.968. The van der Waals surface area contributed by atoms with Crippen LogP contribution in [0.25, 0.3) is 0 Å². The summed E-state index contributed by atoms with van der Waals surface area (Å²) in [6.07, 6.45) is 0.442. The van der Waals surface area contributed by atoms with E-state index >= 15 is 0 Å². The number of ether oxygens (including phenoxy) is 1. The summed E-state index contributed by atoms with van der Waals surface area (Å²) in [7, 11) is 1.70. The number of anilines is 1. The number of urea groups is 1. The third kappa shape index (κ3) is 5.54. The zero-order valence-corrected chi connectivity index (χ0v) is 15.7. The van der Waals surface area contributed by atoms with E-state index in [2.05, 4.69) is 15.5 Å². The SMILES string of the molecule is Cc1cccc(NC(=O)N(C)CCc2noc(COc3ccc(F)cc3)n2)c1. The molecule has 0 aliphatic carbocycles. The minimum absolute atomic E-state index is 0.0856. The van der Waals surface area contributed by atoms with E-state index in [4.69, 9.17) is 9.26 Å². The topological polar surface area (TPSA) is 80.5 Å². The van der Waals surface area contributed by atoms with Crippen molar-refractivity contribution in [1.82, 2.24) is 15.0 Å². The monoisotopic (exact) mass is 384 g/mol. The highest BCUT2D eigenvalue weighted by Gasteiger charge is 2.12. The first-order valence-electron chi connectivity index (χ1n) is 8.78. The minimum Gasteiger partial charge on any atom is -0.484 e. The van der Waals surface area contributed by atoms with Crippen molar-refractivity contribution in [2.45, 2.75) is 20.0 Å². The lowest BCUT2D eigenvalue weighted by molar-refractivity contribution is 0.222. The van der Waals surface area contributed by atoms with Gasteiger partial charge in [-0.05, 0) is 48.9 Å². The first-order chi connectivity index (χ1) is 13.5. The Labute approximate surface area is 162 Å². The molecule has 0 spiro atoms. The van der Waals surface area contributed by atoms with Gasteiger partial charge in [0.1, 0.15) is 11.6 Å². The number of likely N-dealkylation sites (N-methyl/N-ethyl adjacent to an activating group) is 1. The summed E-state index contributed by atoms with van der Waals surface area (Å²) in [6.45, 7) is 2.48. The Morgan fingerprint density at radius 3 is 2.79 bits per heavy atom. The summed E-state index contributed by atoms with van der Waals surface area (Å²) in [5.41, 5.74) is 1.82. The molecule has 0 aliphatic rings. The molecule has 0 bridgehead atoms. The van der Waals surface area contributed by atoms with Gasteiger partial charge in [0.15, 0.2) is 12.4 Å². The number of aromatic nitrogens is 2. The summed E-state index contributed by atoms with van der Waals surface area (Å²) in [6, 6.07) is 13.0. The first kappa shape index (κ1) is 19.3. The molecule has 3 rings (SSSR count). The van der Waals surface area contributed by atoms with Crippen molar-refractivity contribution < 1.29 is 18.4 Å². The van der Waals surface area contributed by atoms with E-state index in [1.54, 1.807) is 11.9 Å². The van der Waals surface area contributed by atoms with Crippen molar-refractivity contribution in [3.63, 3.8) is 0 Å². The highest BCUT2D eigenvalue weighted by molar-refractivity contribution is 5.89. The first-order valence-corrected chi connectivity index (χ1v) is 8.78. The van der Waals surface area contributed by atoms with Crippen LogP contribution in [0.5, 0.6) is 5.75 Å². The Kier molecular flexibility index (Phi) is 6.21. The quantitative estimate of drug-likeness (QED) is 0.670. The number of carbonyl (C=O) groups excluding carboxylic acids is 1. The fraction of sp³-hybridized carbons (Fsp3) is 0.250. The number of halogens is 1. The Hall–Kier alpha value is -3.42. The predicted molar refractivity (Wildman–Crippen MR) is 102 cm³/mol. The van der Waals surface area contributed by atoms with Crippen LogP contribution in [0.3, 0.4) is 0 Å². The number of nitrogens with one attached hydrogen (secondary N) is 1. The predicted octanol–water partition coefficient (Wildman–Crippen LogP) is 3.80. The largest absolute Gasteiger partial charge is 0.484 e. The lowest BCUT2D eigenvalue weighted by atomic mass is 10.2. The van der Waals surface area contributed by atoms with E-state index in [0.29, 0.717) is 30.4 Å². The van der Waals surface area contributed by atoms with Gasteiger partial charge in [0, 0.05) is 25.7 Å². The maximum absolute atomic E-state index is 12.9. The zero-order chi connectivity index (χ0) is 19.9. The molecule has 0 unspecified atom stereocenters. The molecule has 0 aliphatic heterocycles. The Morgan fingerprint density at radius 1 is 1.25 bits per heavy atom. The summed E-state index contributed by atoms with van der Waals surface area (Å²) >= 11 is 0. The summed E-state index contributed by atoms with van der Waals surface area (Å²) < 4.78 is 23.5. The molecule has 0 fully saturated rings. The number of aryl methyl sites for hydroxylation is 1. The second kappa shape index (κ2) is 8.98. The number of carbonyl (C=O) groups is 1. The van der Waals surface area contributed by atoms with Gasteiger partial charge in [-0.3, -0.25) is 0 Å². The molecule has 0 saturated carbocycles. The molecule has 2 amide bonds. The lowest BCUT2D eigenvalue weighted by Crippen LogP contribution is -2.33. The highest BCUT2D eigenvalue weighted by atomic mass is 19.1. The molecule has 28 heavy (non-hydrogen) atoms. The summed E-state index contributed by atoms with van der Waals surface area (Å²) in [4.78, 5) is 18.0. The van der Waals surface area contributed by atoms with Crippen LogP contribution in [0.1, 0.15) is 17.3 Å². The fourth-order valence-electron chi connectivity index (χ4n) is 2.44. The zero-order valence-electron chi connectivity index (χ0n) is 15.7. The van der Waals surface area contributed by atoms with Gasteiger partial charge in [0.25, 0.3) is 5.89 Å². The second-order valence-corrected chi connectivity index (χ2v) is 6.32.